The molecule has 0 saturated heterocycles. The summed E-state index contributed by atoms with van der Waals surface area (Å²) < 4.78 is 59.3. The molecule has 9 aromatic rings. The van der Waals surface area contributed by atoms with E-state index in [-0.39, 0.29) is 46.9 Å². The zero-order valence-corrected chi connectivity index (χ0v) is 60.8. The van der Waals surface area contributed by atoms with Crippen molar-refractivity contribution in [3.05, 3.63) is 176 Å². The minimum absolute atomic E-state index is 0. The van der Waals surface area contributed by atoms with Crippen LogP contribution in [0, 0.1) is 0 Å². The summed E-state index contributed by atoms with van der Waals surface area (Å²) in [4.78, 5) is -0.460. The van der Waals surface area contributed by atoms with Gasteiger partial charge in [-0.2, -0.15) is 35.8 Å². The lowest BCUT2D eigenvalue weighted by Gasteiger charge is -2.24. The van der Waals surface area contributed by atoms with Crippen LogP contribution in [0.25, 0.3) is 32.3 Å². The van der Waals surface area contributed by atoms with Gasteiger partial charge >= 0.3 is 0 Å². The molecule has 22 heteroatoms. The molecule has 0 atom stereocenters. The van der Waals surface area contributed by atoms with E-state index in [1.54, 1.807) is 48.5 Å². The second-order valence-electron chi connectivity index (χ2n) is 16.5. The fourth-order valence-corrected chi connectivity index (χ4v) is 8.59. The molecule has 14 nitrogen and oxygen atoms in total. The summed E-state index contributed by atoms with van der Waals surface area (Å²) in [5.41, 5.74) is 3.76. The molecule has 0 bridgehead atoms. The van der Waals surface area contributed by atoms with Crippen LogP contribution in [0.3, 0.4) is 0 Å². The molecular weight excluding hydrogens is 1210 g/mol. The van der Waals surface area contributed by atoms with Crippen LogP contribution >= 0.6 is 21.7 Å². The predicted octanol–water partition coefficient (Wildman–Crippen LogP) is 24.4. The summed E-state index contributed by atoms with van der Waals surface area (Å²) >= 11 is 0. The third-order valence-electron chi connectivity index (χ3n) is 10.5. The molecule has 10 radical (unpaired) electrons. The first-order valence-electron chi connectivity index (χ1n) is 32.1. The molecule has 0 unspecified atom stereocenters. The highest BCUT2D eigenvalue weighted by Gasteiger charge is 2.26. The van der Waals surface area contributed by atoms with Crippen molar-refractivity contribution in [2.45, 2.75) is 176 Å². The van der Waals surface area contributed by atoms with Crippen molar-refractivity contribution in [3.63, 3.8) is 0 Å². The van der Waals surface area contributed by atoms with Gasteiger partial charge in [0, 0.05) is 22.5 Å². The zero-order chi connectivity index (χ0) is 72.0. The van der Waals surface area contributed by atoms with Crippen LogP contribution in [0.1, 0.15) is 166 Å². The van der Waals surface area contributed by atoms with Gasteiger partial charge in [-0.25, -0.2) is 0 Å². The first kappa shape index (κ1) is 99.1. The fourth-order valence-electron chi connectivity index (χ4n) is 7.20. The average molecular weight is 1320 g/mol. The van der Waals surface area contributed by atoms with Gasteiger partial charge in [-0.3, -0.25) is 0 Å². The van der Waals surface area contributed by atoms with Crippen molar-refractivity contribution in [1.82, 2.24) is 0 Å². The van der Waals surface area contributed by atoms with Gasteiger partial charge in [0.15, 0.2) is 0 Å². The molecule has 9 aromatic carbocycles. The summed E-state index contributed by atoms with van der Waals surface area (Å²) in [5, 5.41) is 37.3. The van der Waals surface area contributed by atoms with Crippen LogP contribution in [0.15, 0.2) is 227 Å². The molecule has 6 N–H and O–H groups in total. The van der Waals surface area contributed by atoms with Crippen LogP contribution < -0.4 is 21.9 Å². The molecule has 0 aliphatic carbocycles. The monoisotopic (exact) mass is 1320 g/mol. The molecule has 0 heterocycles. The van der Waals surface area contributed by atoms with Crippen LogP contribution in [-0.4, -0.2) is 79.9 Å². The molecule has 0 aliphatic rings. The van der Waals surface area contributed by atoms with Gasteiger partial charge in [-0.05, 0) is 93.0 Å². The Labute approximate surface area is 584 Å². The standard InChI is InChI=1S/C22H16B3N4O3S.C17H14B3N4O3S.C10H8.2C3H8.8C2H6.2CH4/c23-20-19-14(11-12-17(21(19)25-24)28-26-15-7-3-1-4-8-15)13-18(33(30,31)32)22(20)29-27-16-9-5-2-6-10-16;1-21-24-17-13(28(25,26)27)9-10-7-8-12(16(20-19)14(10)15(17)18)23-22-11-5-3-2-4-6-11;1-2-6-10-8-4-3-7-9(10)5-1;2*1-3-2;8*1-2;;/h1-13,30-32H;2-9,25-27H,1H3;1-8H;2*3H2,1-2H3;8*1-2H3;2*1H4. The van der Waals surface area contributed by atoms with E-state index in [1.807, 2.05) is 178 Å². The summed E-state index contributed by atoms with van der Waals surface area (Å²) in [5.74, 6) is 0. The first-order valence-corrected chi connectivity index (χ1v) is 35.1. The van der Waals surface area contributed by atoms with Crippen LogP contribution in [-0.2, 0) is 0 Å². The van der Waals surface area contributed by atoms with Crippen molar-refractivity contribution < 1.29 is 27.3 Å². The lowest BCUT2D eigenvalue weighted by atomic mass is 9.49. The van der Waals surface area contributed by atoms with Crippen molar-refractivity contribution >= 4 is 161 Å². The summed E-state index contributed by atoms with van der Waals surface area (Å²) in [6.45, 7) is 40.5. The Kier molecular flexibility index (Phi) is 63.3. The number of fused-ring (bicyclic) bond motifs is 3. The second kappa shape index (κ2) is 60.7. The van der Waals surface area contributed by atoms with E-state index < -0.39 is 21.7 Å². The predicted molar refractivity (Wildman–Crippen MR) is 431 cm³/mol. The van der Waals surface area contributed by atoms with Crippen LogP contribution in [0.4, 0.5) is 39.8 Å². The Hall–Kier alpha value is -6.99. The number of azo groups is 4. The normalized spacial score (nSPS) is 10.1. The summed E-state index contributed by atoms with van der Waals surface area (Å²) in [7, 11) is 20.2. The van der Waals surface area contributed by atoms with Gasteiger partial charge in [-0.15, -0.1) is 5.11 Å². The van der Waals surface area contributed by atoms with Gasteiger partial charge in [0.2, 0.25) is 0 Å². The molecule has 95 heavy (non-hydrogen) atoms. The summed E-state index contributed by atoms with van der Waals surface area (Å²) in [6, 6.07) is 53.4. The quantitative estimate of drug-likeness (QED) is 0.0546. The molecule has 508 valence electrons. The van der Waals surface area contributed by atoms with Crippen LogP contribution in [0.2, 0.25) is 0 Å². The number of hydrogen-bond acceptors (Lipinski definition) is 14. The molecule has 0 aliphatic heterocycles. The van der Waals surface area contributed by atoms with Gasteiger partial charge in [0.25, 0.3) is 0 Å². The van der Waals surface area contributed by atoms with Crippen molar-refractivity contribution in [1.29, 1.82) is 0 Å². The van der Waals surface area contributed by atoms with Crippen molar-refractivity contribution in [2.75, 3.05) is 7.05 Å². The van der Waals surface area contributed by atoms with Gasteiger partial charge in [0.1, 0.15) is 37.4 Å². The molecule has 0 saturated carbocycles. The molecule has 9 rings (SSSR count). The van der Waals surface area contributed by atoms with Gasteiger partial charge < -0.3 is 27.3 Å². The highest BCUT2D eigenvalue weighted by Crippen LogP contribution is 2.50. The maximum Gasteiger partial charge on any atom is 0.117 e. The largest absolute Gasteiger partial charge is 0.304 e. The first-order chi connectivity index (χ1) is 45.0. The number of nitrogens with zero attached hydrogens (tertiary/aromatic N) is 8. The molecule has 0 spiro atoms. The summed E-state index contributed by atoms with van der Waals surface area (Å²) in [6.07, 6.45) is 2.50. The van der Waals surface area contributed by atoms with E-state index in [0.29, 0.717) is 60.9 Å². The highest BCUT2D eigenvalue weighted by atomic mass is 32.3. The SMILES string of the molecule is C.C.CC.CC.CC.CC.CC.CC.CC.CC.CCC.CCC.[B][B]c1c(N=Nc2ccccc2)ccc2cc(S(O)(O)O)c(N=NC)c([B])c12.[B][B]c1c(N=Nc2ccccc2)ccc2cc(S(O)(O)O)c(N=Nc3ccccc3)c([B])c12.c1ccc2ccccc2c1. The topological polar surface area (TPSA) is 220 Å². The Morgan fingerprint density at radius 2 is 0.579 bits per heavy atom. The van der Waals surface area contributed by atoms with Crippen LogP contribution in [0.5, 0.6) is 0 Å². The van der Waals surface area contributed by atoms with Crippen molar-refractivity contribution in [3.8, 4) is 0 Å². The Morgan fingerprint density at radius 3 is 0.821 bits per heavy atom. The lowest BCUT2D eigenvalue weighted by molar-refractivity contribution is 0.374. The maximum atomic E-state index is 10.0. The van der Waals surface area contributed by atoms with E-state index in [4.69, 9.17) is 31.2 Å². The maximum absolute atomic E-state index is 10.0. The highest BCUT2D eigenvalue weighted by molar-refractivity contribution is 8.19. The number of hydrogen-bond donors (Lipinski definition) is 6. The van der Waals surface area contributed by atoms with E-state index in [0.717, 1.165) is 0 Å². The molecule has 0 amide bonds. The zero-order valence-electron chi connectivity index (χ0n) is 59.2. The van der Waals surface area contributed by atoms with Crippen molar-refractivity contribution in [2.24, 2.45) is 40.9 Å². The number of benzene rings is 9. The van der Waals surface area contributed by atoms with E-state index in [9.17, 15) is 27.3 Å². The van der Waals surface area contributed by atoms with Gasteiger partial charge in [0.05, 0.1) is 63.9 Å². The Bertz CT molecular complexity index is 3410. The minimum atomic E-state index is -4.14. The molecule has 0 fully saturated rings. The smallest absolute Gasteiger partial charge is 0.117 e. The lowest BCUT2D eigenvalue weighted by Crippen LogP contribution is -2.23. The van der Waals surface area contributed by atoms with E-state index >= 15 is 0 Å². The fraction of sp³-hybridized carbons (Fsp3) is 0.342. The minimum Gasteiger partial charge on any atom is -0.304 e. The third kappa shape index (κ3) is 34.5. The Morgan fingerprint density at radius 1 is 0.337 bits per heavy atom. The van der Waals surface area contributed by atoms with Gasteiger partial charge in [-0.1, -0.05) is 303 Å². The number of rotatable bonds is 11. The van der Waals surface area contributed by atoms with E-state index in [2.05, 4.69) is 117 Å². The molecule has 0 aromatic heterocycles. The Balaban J connectivity index is -0.000000286. The average Bonchev–Trinajstić information content (AvgIpc) is 0.765. The molecular formula is C73H110B6N8O6S2. The second-order valence-corrected chi connectivity index (χ2v) is 19.5. The third-order valence-corrected chi connectivity index (χ3v) is 12.3. The van der Waals surface area contributed by atoms with E-state index in [1.165, 1.54) is 57.1 Å².